The van der Waals surface area contributed by atoms with Crippen molar-refractivity contribution in [1.29, 1.82) is 0 Å². The quantitative estimate of drug-likeness (QED) is 0.203. The lowest BCUT2D eigenvalue weighted by atomic mass is 9.94. The van der Waals surface area contributed by atoms with Gasteiger partial charge in [-0.2, -0.15) is 0 Å². The first kappa shape index (κ1) is 23.4. The molecule has 7 heteroatoms. The molecule has 2 aliphatic rings. The van der Waals surface area contributed by atoms with Gasteiger partial charge in [-0.25, -0.2) is 4.98 Å². The Labute approximate surface area is 218 Å². The number of Topliss-reactive ketones (excluding diaryl/α,β-unsaturated/α-hetero) is 1. The number of amides is 1. The third kappa shape index (κ3) is 3.90. The van der Waals surface area contributed by atoms with Crippen LogP contribution in [-0.2, 0) is 22.4 Å². The van der Waals surface area contributed by atoms with Gasteiger partial charge in [0, 0.05) is 12.0 Å². The van der Waals surface area contributed by atoms with Crippen LogP contribution in [0.25, 0.3) is 16.0 Å². The number of ketones is 1. The van der Waals surface area contributed by atoms with Crippen LogP contribution in [-0.4, -0.2) is 27.9 Å². The fourth-order valence-electron chi connectivity index (χ4n) is 5.13. The largest absolute Gasteiger partial charge is 0.507 e. The molecule has 2 aliphatic heterocycles. The van der Waals surface area contributed by atoms with Crippen LogP contribution in [0.4, 0.5) is 5.13 Å². The van der Waals surface area contributed by atoms with Gasteiger partial charge in [0.05, 0.1) is 21.8 Å². The van der Waals surface area contributed by atoms with Gasteiger partial charge in [-0.05, 0) is 72.9 Å². The molecule has 2 unspecified atom stereocenters. The molecule has 4 aromatic rings. The predicted molar refractivity (Wildman–Crippen MR) is 145 cm³/mol. The maximum absolute atomic E-state index is 13.5. The van der Waals surface area contributed by atoms with Crippen molar-refractivity contribution >= 4 is 44.1 Å². The molecule has 1 aromatic heterocycles. The molecule has 1 amide bonds. The minimum absolute atomic E-state index is 0.0535. The highest BCUT2D eigenvalue weighted by Gasteiger charge is 2.48. The van der Waals surface area contributed by atoms with E-state index in [0.717, 1.165) is 51.1 Å². The summed E-state index contributed by atoms with van der Waals surface area (Å²) in [5.74, 6) is -0.826. The van der Waals surface area contributed by atoms with E-state index in [9.17, 15) is 14.7 Å². The Bertz CT molecular complexity index is 1600. The molecule has 1 fully saturated rings. The van der Waals surface area contributed by atoms with Gasteiger partial charge in [0.25, 0.3) is 5.78 Å². The molecule has 186 valence electrons. The van der Waals surface area contributed by atoms with E-state index in [1.54, 1.807) is 6.07 Å². The third-order valence-electron chi connectivity index (χ3n) is 7.06. The average Bonchev–Trinajstić information content (AvgIpc) is 3.55. The number of nitrogens with zero attached hydrogens (tertiary/aromatic N) is 2. The van der Waals surface area contributed by atoms with Crippen LogP contribution in [0.15, 0.2) is 66.2 Å². The van der Waals surface area contributed by atoms with Crippen LogP contribution >= 0.6 is 11.3 Å². The zero-order chi connectivity index (χ0) is 25.8. The molecule has 6 nitrogen and oxygen atoms in total. The number of aromatic nitrogens is 1. The number of hydrogen-bond acceptors (Lipinski definition) is 6. The number of ether oxygens (including phenoxy) is 1. The summed E-state index contributed by atoms with van der Waals surface area (Å²) in [4.78, 5) is 33.2. The maximum Gasteiger partial charge on any atom is 0.301 e. The third-order valence-corrected chi connectivity index (χ3v) is 8.07. The van der Waals surface area contributed by atoms with Crippen LogP contribution in [0.5, 0.6) is 5.75 Å². The van der Waals surface area contributed by atoms with E-state index in [0.29, 0.717) is 10.7 Å². The summed E-state index contributed by atoms with van der Waals surface area (Å²) in [5, 5.41) is 11.9. The van der Waals surface area contributed by atoms with Crippen LogP contribution < -0.4 is 9.64 Å². The smallest absolute Gasteiger partial charge is 0.301 e. The molecule has 0 radical (unpaired) electrons. The summed E-state index contributed by atoms with van der Waals surface area (Å²) in [5.41, 5.74) is 5.26. The number of benzene rings is 3. The Morgan fingerprint density at radius 2 is 1.89 bits per heavy atom. The highest BCUT2D eigenvalue weighted by molar-refractivity contribution is 7.22. The zero-order valence-electron chi connectivity index (χ0n) is 20.8. The van der Waals surface area contributed by atoms with Crippen molar-refractivity contribution in [2.24, 2.45) is 0 Å². The zero-order valence-corrected chi connectivity index (χ0v) is 21.6. The fraction of sp³-hybridized carbons (Fsp3) is 0.233. The van der Waals surface area contributed by atoms with Gasteiger partial charge in [-0.1, -0.05) is 48.6 Å². The second-order valence-electron chi connectivity index (χ2n) is 9.69. The first-order valence-electron chi connectivity index (χ1n) is 12.4. The number of carbonyl (C=O) groups is 2. The summed E-state index contributed by atoms with van der Waals surface area (Å²) < 4.78 is 6.73. The van der Waals surface area contributed by atoms with Crippen LogP contribution in [0.2, 0.25) is 0 Å². The number of carbonyl (C=O) groups excluding carboxylic acids is 2. The van der Waals surface area contributed by atoms with Crippen molar-refractivity contribution in [3.63, 3.8) is 0 Å². The molecule has 0 saturated carbocycles. The van der Waals surface area contributed by atoms with E-state index in [4.69, 9.17) is 9.72 Å². The fourth-order valence-corrected chi connectivity index (χ4v) is 6.22. The molecular formula is C30H26N2O4S. The van der Waals surface area contributed by atoms with Gasteiger partial charge in [0.15, 0.2) is 5.13 Å². The Hall–Kier alpha value is -3.97. The summed E-state index contributed by atoms with van der Waals surface area (Å²) >= 11 is 1.37. The number of aryl methyl sites for hydroxylation is 2. The van der Waals surface area contributed by atoms with Crippen molar-refractivity contribution in [2.45, 2.75) is 45.8 Å². The van der Waals surface area contributed by atoms with Gasteiger partial charge in [0.2, 0.25) is 0 Å². The molecule has 0 aliphatic carbocycles. The highest BCUT2D eigenvalue weighted by atomic mass is 32.1. The van der Waals surface area contributed by atoms with E-state index in [1.165, 1.54) is 16.2 Å². The lowest BCUT2D eigenvalue weighted by Gasteiger charge is -2.23. The van der Waals surface area contributed by atoms with E-state index in [-0.39, 0.29) is 17.4 Å². The number of thiazole rings is 1. The summed E-state index contributed by atoms with van der Waals surface area (Å²) in [6.07, 6.45) is 1.64. The number of aliphatic hydroxyl groups is 1. The Kier molecular flexibility index (Phi) is 5.60. The molecule has 1 N–H and O–H groups in total. The van der Waals surface area contributed by atoms with Gasteiger partial charge in [-0.15, -0.1) is 0 Å². The van der Waals surface area contributed by atoms with E-state index >= 15 is 0 Å². The van der Waals surface area contributed by atoms with Crippen molar-refractivity contribution in [2.75, 3.05) is 4.90 Å². The first-order chi connectivity index (χ1) is 17.8. The Morgan fingerprint density at radius 3 is 2.65 bits per heavy atom. The van der Waals surface area contributed by atoms with Crippen molar-refractivity contribution < 1.29 is 19.4 Å². The van der Waals surface area contributed by atoms with E-state index in [2.05, 4.69) is 6.92 Å². The Balaban J connectivity index is 1.53. The van der Waals surface area contributed by atoms with Crippen LogP contribution in [0.3, 0.4) is 0 Å². The topological polar surface area (TPSA) is 79.7 Å². The molecule has 2 atom stereocenters. The van der Waals surface area contributed by atoms with Gasteiger partial charge in [-0.3, -0.25) is 14.5 Å². The number of hydrogen-bond donors (Lipinski definition) is 1. The normalized spacial score (nSPS) is 20.5. The minimum atomic E-state index is -0.795. The monoisotopic (exact) mass is 510 g/mol. The molecule has 3 heterocycles. The van der Waals surface area contributed by atoms with E-state index in [1.807, 2.05) is 68.4 Å². The van der Waals surface area contributed by atoms with Crippen LogP contribution in [0.1, 0.15) is 47.7 Å². The minimum Gasteiger partial charge on any atom is -0.507 e. The SMILES string of the molecule is CCc1ccc(C2/C(=C(\O)c3ccc4c(c3)CC(C)O4)C(=O)C(=O)N2c2nc3ccc(C)cc3s2)cc1. The van der Waals surface area contributed by atoms with Gasteiger partial charge >= 0.3 is 5.91 Å². The molecular weight excluding hydrogens is 484 g/mol. The Morgan fingerprint density at radius 1 is 1.11 bits per heavy atom. The highest BCUT2D eigenvalue weighted by Crippen LogP contribution is 2.45. The summed E-state index contributed by atoms with van der Waals surface area (Å²) in [7, 11) is 0. The maximum atomic E-state index is 13.5. The van der Waals surface area contributed by atoms with E-state index < -0.39 is 17.7 Å². The number of fused-ring (bicyclic) bond motifs is 2. The number of anilines is 1. The van der Waals surface area contributed by atoms with Gasteiger partial charge < -0.3 is 9.84 Å². The number of aliphatic hydroxyl groups excluding tert-OH is 1. The molecule has 6 rings (SSSR count). The average molecular weight is 511 g/mol. The molecule has 0 bridgehead atoms. The standard InChI is InChI=1S/C30H26N2O4S/c1-4-18-6-8-19(9-7-18)26-25(27(33)20-10-12-23-21(15-20)14-17(3)36-23)28(34)29(35)32(26)30-31-22-11-5-16(2)13-24(22)37-30/h5-13,15,17,26,33H,4,14H2,1-3H3/b27-25+. The van der Waals surface area contributed by atoms with Crippen molar-refractivity contribution in [3.05, 3.63) is 94.1 Å². The second-order valence-corrected chi connectivity index (χ2v) is 10.7. The van der Waals surface area contributed by atoms with Crippen molar-refractivity contribution in [1.82, 2.24) is 4.98 Å². The molecule has 37 heavy (non-hydrogen) atoms. The summed E-state index contributed by atoms with van der Waals surface area (Å²) in [6.45, 7) is 6.07. The van der Waals surface area contributed by atoms with Gasteiger partial charge in [0.1, 0.15) is 17.6 Å². The molecule has 3 aromatic carbocycles. The van der Waals surface area contributed by atoms with Crippen LogP contribution in [0, 0.1) is 6.92 Å². The molecule has 0 spiro atoms. The first-order valence-corrected chi connectivity index (χ1v) is 13.2. The lowest BCUT2D eigenvalue weighted by molar-refractivity contribution is -0.132. The number of rotatable bonds is 4. The summed E-state index contributed by atoms with van der Waals surface area (Å²) in [6, 6.07) is 18.3. The van der Waals surface area contributed by atoms with Crippen molar-refractivity contribution in [3.8, 4) is 5.75 Å². The lowest BCUT2D eigenvalue weighted by Crippen LogP contribution is -2.29. The predicted octanol–water partition coefficient (Wildman–Crippen LogP) is 6.12. The second kappa shape index (κ2) is 8.85. The molecule has 1 saturated heterocycles.